The molecule has 0 fully saturated rings. The number of hydrogen-bond acceptors (Lipinski definition) is 2. The first kappa shape index (κ1) is 13.6. The van der Waals surface area contributed by atoms with Crippen molar-refractivity contribution in [2.75, 3.05) is 0 Å². The molecule has 100 valence electrons. The smallest absolute Gasteiger partial charge is 0.0694 e. The molecule has 1 aliphatic carbocycles. The fourth-order valence-electron chi connectivity index (χ4n) is 2.77. The maximum absolute atomic E-state index is 9.87. The summed E-state index contributed by atoms with van der Waals surface area (Å²) < 4.78 is 0. The third-order valence-electron chi connectivity index (χ3n) is 4.14. The maximum Gasteiger partial charge on any atom is 0.0694 e. The molecule has 0 heterocycles. The van der Waals surface area contributed by atoms with Gasteiger partial charge in [0.05, 0.1) is 6.10 Å². The van der Waals surface area contributed by atoms with Crippen LogP contribution in [0.15, 0.2) is 18.2 Å². The van der Waals surface area contributed by atoms with Gasteiger partial charge in [-0.15, -0.1) is 0 Å². The lowest BCUT2D eigenvalue weighted by Crippen LogP contribution is -2.32. The largest absolute Gasteiger partial charge is 0.392 e. The number of nitrogens with two attached hydrogens (primary N) is 1. The second-order valence-corrected chi connectivity index (χ2v) is 5.80. The van der Waals surface area contributed by atoms with Crippen LogP contribution in [-0.4, -0.2) is 17.3 Å². The van der Waals surface area contributed by atoms with E-state index in [2.05, 4.69) is 25.1 Å². The summed E-state index contributed by atoms with van der Waals surface area (Å²) in [6.45, 7) is 4.04. The first-order chi connectivity index (χ1) is 8.58. The maximum atomic E-state index is 9.87. The molecule has 18 heavy (non-hydrogen) atoms. The van der Waals surface area contributed by atoms with E-state index >= 15 is 0 Å². The van der Waals surface area contributed by atoms with E-state index < -0.39 is 6.10 Å². The van der Waals surface area contributed by atoms with Gasteiger partial charge in [0, 0.05) is 6.04 Å². The molecule has 3 unspecified atom stereocenters. The van der Waals surface area contributed by atoms with E-state index in [1.165, 1.54) is 42.4 Å². The minimum Gasteiger partial charge on any atom is -0.392 e. The highest BCUT2D eigenvalue weighted by molar-refractivity contribution is 5.35. The van der Waals surface area contributed by atoms with E-state index in [1.807, 2.05) is 6.92 Å². The van der Waals surface area contributed by atoms with Crippen LogP contribution in [0.4, 0.5) is 0 Å². The Morgan fingerprint density at radius 3 is 2.50 bits per heavy atom. The number of rotatable bonds is 4. The van der Waals surface area contributed by atoms with E-state index in [9.17, 15) is 5.11 Å². The molecular formula is C16H25NO. The van der Waals surface area contributed by atoms with Gasteiger partial charge in [-0.3, -0.25) is 0 Å². The van der Waals surface area contributed by atoms with Crippen molar-refractivity contribution in [1.82, 2.24) is 0 Å². The molecule has 0 aromatic heterocycles. The molecule has 2 nitrogen and oxygen atoms in total. The Bertz CT molecular complexity index is 400. The van der Waals surface area contributed by atoms with Crippen molar-refractivity contribution in [3.63, 3.8) is 0 Å². The molecule has 2 rings (SSSR count). The molecule has 3 atom stereocenters. The van der Waals surface area contributed by atoms with E-state index in [1.54, 1.807) is 0 Å². The summed E-state index contributed by atoms with van der Waals surface area (Å²) in [5, 5.41) is 9.87. The zero-order chi connectivity index (χ0) is 13.1. The molecule has 0 bridgehead atoms. The molecule has 0 amide bonds. The number of aliphatic hydroxyl groups is 1. The quantitative estimate of drug-likeness (QED) is 0.859. The highest BCUT2D eigenvalue weighted by Crippen LogP contribution is 2.27. The van der Waals surface area contributed by atoms with Crippen molar-refractivity contribution in [2.45, 2.75) is 64.0 Å². The summed E-state index contributed by atoms with van der Waals surface area (Å²) in [6.07, 6.45) is 5.42. The van der Waals surface area contributed by atoms with Crippen molar-refractivity contribution in [3.8, 4) is 0 Å². The van der Waals surface area contributed by atoms with Gasteiger partial charge in [-0.2, -0.15) is 0 Å². The highest BCUT2D eigenvalue weighted by atomic mass is 16.3. The van der Waals surface area contributed by atoms with Gasteiger partial charge in [0.2, 0.25) is 0 Å². The lowest BCUT2D eigenvalue weighted by Gasteiger charge is -2.22. The van der Waals surface area contributed by atoms with Crippen LogP contribution in [-0.2, 0) is 12.8 Å². The van der Waals surface area contributed by atoms with Crippen LogP contribution < -0.4 is 5.73 Å². The average Bonchev–Trinajstić information content (AvgIpc) is 2.37. The summed E-state index contributed by atoms with van der Waals surface area (Å²) in [4.78, 5) is 0. The third-order valence-corrected chi connectivity index (χ3v) is 4.14. The lowest BCUT2D eigenvalue weighted by atomic mass is 9.86. The van der Waals surface area contributed by atoms with Gasteiger partial charge in [0.1, 0.15) is 0 Å². The highest BCUT2D eigenvalue weighted by Gasteiger charge is 2.17. The summed E-state index contributed by atoms with van der Waals surface area (Å²) in [5.74, 6) is 0.373. The van der Waals surface area contributed by atoms with E-state index in [4.69, 9.17) is 5.73 Å². The van der Waals surface area contributed by atoms with E-state index in [-0.39, 0.29) is 6.04 Å². The molecule has 0 aliphatic heterocycles. The number of benzene rings is 1. The summed E-state index contributed by atoms with van der Waals surface area (Å²) in [7, 11) is 0. The monoisotopic (exact) mass is 247 g/mol. The molecule has 3 N–H and O–H groups in total. The van der Waals surface area contributed by atoms with Crippen LogP contribution in [0.5, 0.6) is 0 Å². The number of fused-ring (bicyclic) bond motifs is 1. The Morgan fingerprint density at radius 1 is 1.17 bits per heavy atom. The predicted octanol–water partition coefficient (Wildman–Crippen LogP) is 2.77. The van der Waals surface area contributed by atoms with Crippen molar-refractivity contribution in [1.29, 1.82) is 0 Å². The topological polar surface area (TPSA) is 46.2 Å². The number of aryl methyl sites for hydroxylation is 2. The van der Waals surface area contributed by atoms with Crippen LogP contribution >= 0.6 is 0 Å². The molecule has 1 aliphatic rings. The number of aliphatic hydroxyl groups excluding tert-OH is 1. The molecular weight excluding hydrogens is 222 g/mol. The Morgan fingerprint density at radius 2 is 1.83 bits per heavy atom. The van der Waals surface area contributed by atoms with Crippen molar-refractivity contribution in [3.05, 3.63) is 34.9 Å². The molecule has 0 saturated carbocycles. The fourth-order valence-corrected chi connectivity index (χ4v) is 2.77. The average molecular weight is 247 g/mol. The minimum atomic E-state index is -0.406. The molecule has 0 saturated heterocycles. The normalized spacial score (nSPS) is 20.0. The summed E-state index contributed by atoms with van der Waals surface area (Å²) in [5.41, 5.74) is 10.1. The zero-order valence-electron chi connectivity index (χ0n) is 11.5. The Labute approximate surface area is 110 Å². The standard InChI is InChI=1S/C16H25NO/c1-11(9-16(18)12(2)17)14-8-7-13-5-3-4-6-15(13)10-14/h7-8,10-12,16,18H,3-6,9,17H2,1-2H3. The Hall–Kier alpha value is -0.860. The van der Waals surface area contributed by atoms with Gasteiger partial charge >= 0.3 is 0 Å². The van der Waals surface area contributed by atoms with E-state index in [0.29, 0.717) is 5.92 Å². The van der Waals surface area contributed by atoms with Gasteiger partial charge in [-0.1, -0.05) is 25.1 Å². The van der Waals surface area contributed by atoms with Gasteiger partial charge in [-0.05, 0) is 61.6 Å². The predicted molar refractivity (Wildman–Crippen MR) is 75.8 cm³/mol. The summed E-state index contributed by atoms with van der Waals surface area (Å²) in [6, 6.07) is 6.69. The molecule has 0 radical (unpaired) electrons. The van der Waals surface area contributed by atoms with Crippen LogP contribution in [0, 0.1) is 0 Å². The molecule has 1 aromatic carbocycles. The second-order valence-electron chi connectivity index (χ2n) is 5.80. The minimum absolute atomic E-state index is 0.148. The first-order valence-corrected chi connectivity index (χ1v) is 7.13. The lowest BCUT2D eigenvalue weighted by molar-refractivity contribution is 0.134. The molecule has 0 spiro atoms. The summed E-state index contributed by atoms with van der Waals surface area (Å²) >= 11 is 0. The SMILES string of the molecule is CC(CC(O)C(C)N)c1ccc2c(c1)CCCC2. The van der Waals surface area contributed by atoms with Gasteiger partial charge in [0.15, 0.2) is 0 Å². The molecule has 1 aromatic rings. The third kappa shape index (κ3) is 3.12. The van der Waals surface area contributed by atoms with Crippen LogP contribution in [0.1, 0.15) is 55.7 Å². The van der Waals surface area contributed by atoms with Crippen molar-refractivity contribution in [2.24, 2.45) is 5.73 Å². The van der Waals surface area contributed by atoms with Crippen molar-refractivity contribution < 1.29 is 5.11 Å². The Kier molecular flexibility index (Phi) is 4.41. The van der Waals surface area contributed by atoms with Gasteiger partial charge in [0.25, 0.3) is 0 Å². The fraction of sp³-hybridized carbons (Fsp3) is 0.625. The second kappa shape index (κ2) is 5.85. The zero-order valence-corrected chi connectivity index (χ0v) is 11.5. The van der Waals surface area contributed by atoms with Crippen LogP contribution in [0.25, 0.3) is 0 Å². The van der Waals surface area contributed by atoms with Gasteiger partial charge in [-0.25, -0.2) is 0 Å². The first-order valence-electron chi connectivity index (χ1n) is 7.13. The van der Waals surface area contributed by atoms with Crippen LogP contribution in [0.3, 0.4) is 0 Å². The van der Waals surface area contributed by atoms with Crippen molar-refractivity contribution >= 4 is 0 Å². The van der Waals surface area contributed by atoms with E-state index in [0.717, 1.165) is 6.42 Å². The van der Waals surface area contributed by atoms with Gasteiger partial charge < -0.3 is 10.8 Å². The molecule has 2 heteroatoms. The van der Waals surface area contributed by atoms with Crippen LogP contribution in [0.2, 0.25) is 0 Å². The number of hydrogen-bond donors (Lipinski definition) is 2. The Balaban J connectivity index is 2.08.